The van der Waals surface area contributed by atoms with Gasteiger partial charge in [-0.1, -0.05) is 262 Å². The van der Waals surface area contributed by atoms with Crippen molar-refractivity contribution in [2.75, 3.05) is 4.90 Å². The second kappa shape index (κ2) is 33.6. The molecule has 1 aromatic carbocycles. The van der Waals surface area contributed by atoms with Gasteiger partial charge in [0.15, 0.2) is 0 Å². The van der Waals surface area contributed by atoms with Crippen LogP contribution in [-0.4, -0.2) is 27.4 Å². The molecule has 366 valence electrons. The molecule has 1 aliphatic carbocycles. The van der Waals surface area contributed by atoms with E-state index in [-0.39, 0.29) is 23.5 Å². The van der Waals surface area contributed by atoms with Gasteiger partial charge in [-0.3, -0.25) is 9.69 Å². The molecule has 3 amide bonds. The van der Waals surface area contributed by atoms with Gasteiger partial charge in [0.05, 0.1) is 22.5 Å². The highest BCUT2D eigenvalue weighted by Crippen LogP contribution is 2.43. The zero-order chi connectivity index (χ0) is 46.2. The molecule has 2 aromatic rings. The van der Waals surface area contributed by atoms with Crippen molar-refractivity contribution in [3.63, 3.8) is 0 Å². The number of nitrogens with zero attached hydrogens (tertiary/aromatic N) is 4. The van der Waals surface area contributed by atoms with Gasteiger partial charge in [0, 0.05) is 0 Å². The summed E-state index contributed by atoms with van der Waals surface area (Å²) in [5.41, 5.74) is 0.346. The molecule has 1 spiro atoms. The monoisotopic (exact) mass is 917 g/mol. The van der Waals surface area contributed by atoms with Crippen molar-refractivity contribution in [3.8, 4) is 6.07 Å². The summed E-state index contributed by atoms with van der Waals surface area (Å²) in [7, 11) is 0. The summed E-state index contributed by atoms with van der Waals surface area (Å²) in [5, 5.41) is 9.93. The number of rotatable bonds is 3. The molecule has 0 unspecified atom stereocenters. The van der Waals surface area contributed by atoms with Crippen LogP contribution in [-0.2, 0) is 11.3 Å². The summed E-state index contributed by atoms with van der Waals surface area (Å²) in [5.74, 6) is 0.933. The predicted molar refractivity (Wildman–Crippen MR) is 273 cm³/mol. The summed E-state index contributed by atoms with van der Waals surface area (Å²) < 4.78 is 5.93. The second-order valence-corrected chi connectivity index (χ2v) is 20.8. The lowest BCUT2D eigenvalue weighted by Gasteiger charge is -2.35. The molecule has 2 aliphatic rings. The summed E-state index contributed by atoms with van der Waals surface area (Å²) in [6.07, 6.45) is 54.8. The first-order valence-electron chi connectivity index (χ1n) is 27.7. The Morgan fingerprint density at radius 2 is 0.877 bits per heavy atom. The van der Waals surface area contributed by atoms with E-state index in [1.807, 2.05) is 6.92 Å². The number of nitriles is 1. The van der Waals surface area contributed by atoms with Crippen LogP contribution in [0.2, 0.25) is 5.02 Å². The number of amides is 3. The highest BCUT2D eigenvalue weighted by Gasteiger charge is 2.57. The van der Waals surface area contributed by atoms with Crippen molar-refractivity contribution in [2.24, 2.45) is 0 Å². The molecule has 0 bridgehead atoms. The molecule has 2 fully saturated rings. The Morgan fingerprint density at radius 3 is 1.17 bits per heavy atom. The van der Waals surface area contributed by atoms with E-state index in [1.165, 1.54) is 217 Å². The first-order chi connectivity index (χ1) is 31.9. The van der Waals surface area contributed by atoms with Gasteiger partial charge in [0.25, 0.3) is 5.91 Å². The number of halogens is 1. The zero-order valence-electron chi connectivity index (χ0n) is 41.8. The average Bonchev–Trinajstić information content (AvgIpc) is 3.80. The molecule has 1 saturated carbocycles. The van der Waals surface area contributed by atoms with Crippen molar-refractivity contribution in [3.05, 3.63) is 46.1 Å². The first-order valence-corrected chi connectivity index (χ1v) is 28.0. The van der Waals surface area contributed by atoms with Crippen molar-refractivity contribution in [2.45, 2.75) is 289 Å². The van der Waals surface area contributed by atoms with E-state index < -0.39 is 5.54 Å². The van der Waals surface area contributed by atoms with E-state index in [1.54, 1.807) is 30.2 Å². The van der Waals surface area contributed by atoms with Crippen LogP contribution in [0.1, 0.15) is 286 Å². The minimum atomic E-state index is -1.00. The van der Waals surface area contributed by atoms with Crippen LogP contribution in [0.5, 0.6) is 0 Å². The summed E-state index contributed by atoms with van der Waals surface area (Å²) in [4.78, 5) is 37.2. The third kappa shape index (κ3) is 20.1. The van der Waals surface area contributed by atoms with Gasteiger partial charge in [0.1, 0.15) is 23.9 Å². The Hall–Kier alpha value is -2.85. The number of hydrogen-bond donors (Lipinski definition) is 0. The standard InChI is InChI=1S/C57H93ClN4O3/c1-49-47-60-53(65-49)48-61-56(64)62(52-43-42-51(46-59)54(58)50(52)2)55(63)57(61)44-40-38-36-34-32-30-28-26-24-22-20-18-16-14-12-10-8-6-4-3-5-7-9-11-13-15-17-19-21-23-25-27-29-31-33-35-37-39-41-45-57/h42-43,47H,3-41,44-45,48H2,1-2H3. The highest BCUT2D eigenvalue weighted by molar-refractivity contribution is 6.33. The predicted octanol–water partition coefficient (Wildman–Crippen LogP) is 18.5. The normalized spacial score (nSPS) is 21.6. The number of carbonyl (C=O) groups excluding carboxylic acids is 2. The quantitative estimate of drug-likeness (QED) is 0.286. The summed E-state index contributed by atoms with van der Waals surface area (Å²) in [6.45, 7) is 3.78. The largest absolute Gasteiger partial charge is 0.444 e. The lowest BCUT2D eigenvalue weighted by molar-refractivity contribution is -0.126. The molecule has 1 aromatic heterocycles. The molecule has 0 N–H and O–H groups in total. The molecule has 0 radical (unpaired) electrons. The number of hydrogen-bond acceptors (Lipinski definition) is 5. The number of oxazole rings is 1. The molecule has 7 nitrogen and oxygen atoms in total. The van der Waals surface area contributed by atoms with Crippen LogP contribution >= 0.6 is 11.6 Å². The van der Waals surface area contributed by atoms with Gasteiger partial charge in [0.2, 0.25) is 5.89 Å². The SMILES string of the molecule is Cc1cnc(CN2C(=O)N(c3ccc(C#N)c(Cl)c3C)C(=O)C23CCCCCCCCCCCCCCCCCCCCCCCCCCCCCCCCCCCCCCCCC3)o1. The van der Waals surface area contributed by atoms with E-state index in [0.29, 0.717) is 41.3 Å². The highest BCUT2D eigenvalue weighted by atomic mass is 35.5. The average molecular weight is 918 g/mol. The van der Waals surface area contributed by atoms with Crippen molar-refractivity contribution >= 4 is 29.2 Å². The van der Waals surface area contributed by atoms with Crippen molar-refractivity contribution in [1.29, 1.82) is 5.26 Å². The van der Waals surface area contributed by atoms with Crippen LogP contribution in [0, 0.1) is 25.2 Å². The molecule has 2 heterocycles. The Morgan fingerprint density at radius 1 is 0.554 bits per heavy atom. The molecule has 1 saturated heterocycles. The van der Waals surface area contributed by atoms with Gasteiger partial charge in [-0.15, -0.1) is 0 Å². The van der Waals surface area contributed by atoms with Crippen molar-refractivity contribution < 1.29 is 14.0 Å². The number of carbonyl (C=O) groups is 2. The van der Waals surface area contributed by atoms with Crippen LogP contribution in [0.3, 0.4) is 0 Å². The van der Waals surface area contributed by atoms with Gasteiger partial charge < -0.3 is 4.42 Å². The van der Waals surface area contributed by atoms with Crippen LogP contribution in [0.25, 0.3) is 0 Å². The number of aromatic nitrogens is 1. The smallest absolute Gasteiger partial charge is 0.332 e. The number of urea groups is 1. The molecule has 8 heteroatoms. The lowest BCUT2D eigenvalue weighted by atomic mass is 9.84. The Kier molecular flexibility index (Phi) is 28.3. The molecule has 0 atom stereocenters. The number of benzene rings is 1. The van der Waals surface area contributed by atoms with Crippen LogP contribution < -0.4 is 4.90 Å². The Bertz CT molecular complexity index is 1590. The second-order valence-electron chi connectivity index (χ2n) is 20.4. The molecular formula is C57H93ClN4O3. The third-order valence-electron chi connectivity index (χ3n) is 14.9. The minimum Gasteiger partial charge on any atom is -0.444 e. The number of anilines is 1. The topological polar surface area (TPSA) is 90.4 Å². The Balaban J connectivity index is 1.31. The molecule has 4 rings (SSSR count). The number of aryl methyl sites for hydroxylation is 1. The fraction of sp³-hybridized carbons (Fsp3) is 0.789. The van der Waals surface area contributed by atoms with Gasteiger partial charge in [-0.2, -0.15) is 5.26 Å². The van der Waals surface area contributed by atoms with E-state index in [4.69, 9.17) is 16.0 Å². The van der Waals surface area contributed by atoms with Gasteiger partial charge in [-0.05, 0) is 44.4 Å². The van der Waals surface area contributed by atoms with Crippen molar-refractivity contribution in [1.82, 2.24) is 9.88 Å². The van der Waals surface area contributed by atoms with E-state index in [9.17, 15) is 10.1 Å². The van der Waals surface area contributed by atoms with E-state index >= 15 is 4.79 Å². The zero-order valence-corrected chi connectivity index (χ0v) is 42.6. The lowest BCUT2D eigenvalue weighted by Crippen LogP contribution is -2.49. The van der Waals surface area contributed by atoms with Crippen LogP contribution in [0.15, 0.2) is 22.7 Å². The summed E-state index contributed by atoms with van der Waals surface area (Å²) >= 11 is 6.64. The van der Waals surface area contributed by atoms with E-state index in [2.05, 4.69) is 11.1 Å². The van der Waals surface area contributed by atoms with Gasteiger partial charge >= 0.3 is 6.03 Å². The maximum Gasteiger partial charge on any atom is 0.332 e. The molecule has 1 aliphatic heterocycles. The first kappa shape index (κ1) is 54.8. The third-order valence-corrected chi connectivity index (χ3v) is 15.4. The Labute approximate surface area is 403 Å². The fourth-order valence-corrected chi connectivity index (χ4v) is 10.9. The van der Waals surface area contributed by atoms with Gasteiger partial charge in [-0.25, -0.2) is 14.7 Å². The minimum absolute atomic E-state index is 0.137. The number of imide groups is 1. The van der Waals surface area contributed by atoms with Crippen LogP contribution in [0.4, 0.5) is 10.5 Å². The maximum absolute atomic E-state index is 15.0. The van der Waals surface area contributed by atoms with E-state index in [0.717, 1.165) is 38.5 Å². The molecular weight excluding hydrogens is 824 g/mol. The summed E-state index contributed by atoms with van der Waals surface area (Å²) in [6, 6.07) is 5.09. The maximum atomic E-state index is 15.0. The fourth-order valence-electron chi connectivity index (χ4n) is 10.7. The molecule has 65 heavy (non-hydrogen) atoms.